The molecule has 1 N–H and O–H groups in total. The number of rotatable bonds is 2. The van der Waals surface area contributed by atoms with E-state index in [1.165, 1.54) is 0 Å². The molecule has 0 amide bonds. The van der Waals surface area contributed by atoms with Gasteiger partial charge in [-0.25, -0.2) is 4.79 Å². The van der Waals surface area contributed by atoms with Crippen LogP contribution >= 0.6 is 12.2 Å². The number of benzene rings is 2. The van der Waals surface area contributed by atoms with Crippen LogP contribution in [0.1, 0.15) is 12.0 Å². The average molecular weight is 346 g/mol. The van der Waals surface area contributed by atoms with Gasteiger partial charge in [0.25, 0.3) is 0 Å². The summed E-state index contributed by atoms with van der Waals surface area (Å²) in [5.41, 5.74) is 2.91. The number of hydrogen-bond acceptors (Lipinski definition) is 4. The molecular formula is C21H14O3S. The third-order valence-electron chi connectivity index (χ3n) is 4.24. The highest BCUT2D eigenvalue weighted by Crippen LogP contribution is 2.35. The third kappa shape index (κ3) is 2.71. The van der Waals surface area contributed by atoms with Crippen LogP contribution in [0.4, 0.5) is 0 Å². The van der Waals surface area contributed by atoms with Gasteiger partial charge in [-0.3, -0.25) is 0 Å². The Hall–Kier alpha value is -2.98. The van der Waals surface area contributed by atoms with Gasteiger partial charge in [-0.15, -0.1) is 0 Å². The predicted octanol–water partition coefficient (Wildman–Crippen LogP) is 4.88. The summed E-state index contributed by atoms with van der Waals surface area (Å²) in [6.45, 7) is 0. The second-order valence-corrected chi connectivity index (χ2v) is 6.31. The van der Waals surface area contributed by atoms with Gasteiger partial charge in [0.05, 0.1) is 5.56 Å². The highest BCUT2D eigenvalue weighted by atomic mass is 32.1. The zero-order chi connectivity index (χ0) is 17.4. The molecule has 25 heavy (non-hydrogen) atoms. The van der Waals surface area contributed by atoms with E-state index >= 15 is 0 Å². The quantitative estimate of drug-likeness (QED) is 0.531. The van der Waals surface area contributed by atoms with Gasteiger partial charge in [-0.05, 0) is 23.8 Å². The number of hydrogen-bond donors (Lipinski definition) is 1. The lowest BCUT2D eigenvalue weighted by Gasteiger charge is -2.16. The minimum Gasteiger partial charge on any atom is -0.508 e. The molecule has 0 aliphatic heterocycles. The number of allylic oxidation sites excluding steroid dienone is 4. The van der Waals surface area contributed by atoms with Crippen LogP contribution in [0.5, 0.6) is 5.75 Å². The Kier molecular flexibility index (Phi) is 3.82. The van der Waals surface area contributed by atoms with E-state index < -0.39 is 5.63 Å². The minimum atomic E-state index is -0.411. The third-order valence-corrected chi connectivity index (χ3v) is 4.63. The fourth-order valence-corrected chi connectivity index (χ4v) is 3.35. The van der Waals surface area contributed by atoms with E-state index in [9.17, 15) is 9.90 Å². The molecule has 0 fully saturated rings. The van der Waals surface area contributed by atoms with Crippen LogP contribution in [-0.4, -0.2) is 9.97 Å². The van der Waals surface area contributed by atoms with Crippen molar-refractivity contribution in [2.75, 3.05) is 0 Å². The Balaban J connectivity index is 2.13. The van der Waals surface area contributed by atoms with Gasteiger partial charge in [0.1, 0.15) is 11.3 Å². The van der Waals surface area contributed by atoms with Crippen LogP contribution < -0.4 is 5.63 Å². The summed E-state index contributed by atoms with van der Waals surface area (Å²) in [6, 6.07) is 14.2. The van der Waals surface area contributed by atoms with Gasteiger partial charge in [-0.2, -0.15) is 0 Å². The highest BCUT2D eigenvalue weighted by molar-refractivity contribution is 7.81. The van der Waals surface area contributed by atoms with E-state index in [-0.39, 0.29) is 5.75 Å². The molecule has 2 aromatic carbocycles. The second kappa shape index (κ2) is 6.15. The molecule has 1 aromatic heterocycles. The first-order valence-electron chi connectivity index (χ1n) is 7.91. The van der Waals surface area contributed by atoms with Gasteiger partial charge < -0.3 is 9.52 Å². The molecule has 4 heteroatoms. The molecule has 1 heterocycles. The zero-order valence-electron chi connectivity index (χ0n) is 13.2. The van der Waals surface area contributed by atoms with Crippen molar-refractivity contribution in [1.82, 2.24) is 0 Å². The molecule has 0 atom stereocenters. The van der Waals surface area contributed by atoms with Crippen molar-refractivity contribution in [1.29, 1.82) is 0 Å². The van der Waals surface area contributed by atoms with Crippen LogP contribution in [0.15, 0.2) is 76.0 Å². The lowest BCUT2D eigenvalue weighted by atomic mass is 9.89. The van der Waals surface area contributed by atoms with E-state index in [1.54, 1.807) is 30.3 Å². The average Bonchev–Trinajstić information content (AvgIpc) is 2.62. The topological polar surface area (TPSA) is 50.4 Å². The standard InChI is InChI=1S/C21H14O3S/c22-14-11-9-13(10-12-14)19-15-5-1-3-7-17(15)24-21(23)20(19)16-6-2-4-8-18(16)25/h1-7,9-12,22H,8H2. The first-order valence-corrected chi connectivity index (χ1v) is 8.31. The number of phenols is 1. The van der Waals surface area contributed by atoms with Crippen molar-refractivity contribution in [2.45, 2.75) is 6.42 Å². The van der Waals surface area contributed by atoms with Crippen LogP contribution in [-0.2, 0) is 0 Å². The molecule has 4 rings (SSSR count). The van der Waals surface area contributed by atoms with E-state index in [2.05, 4.69) is 0 Å². The zero-order valence-corrected chi connectivity index (χ0v) is 14.0. The van der Waals surface area contributed by atoms with Crippen LogP contribution in [0.3, 0.4) is 0 Å². The van der Waals surface area contributed by atoms with Crippen molar-refractivity contribution in [3.63, 3.8) is 0 Å². The minimum absolute atomic E-state index is 0.174. The Morgan fingerprint density at radius 2 is 1.76 bits per heavy atom. The summed E-state index contributed by atoms with van der Waals surface area (Å²) in [5, 5.41) is 10.4. The van der Waals surface area contributed by atoms with Gasteiger partial charge >= 0.3 is 5.63 Å². The van der Waals surface area contributed by atoms with Gasteiger partial charge in [0, 0.05) is 27.8 Å². The van der Waals surface area contributed by atoms with E-state index in [0.717, 1.165) is 22.1 Å². The molecule has 1 aliphatic rings. The monoisotopic (exact) mass is 346 g/mol. The second-order valence-electron chi connectivity index (χ2n) is 5.82. The van der Waals surface area contributed by atoms with Crippen molar-refractivity contribution in [3.05, 3.63) is 82.7 Å². The largest absolute Gasteiger partial charge is 0.508 e. The van der Waals surface area contributed by atoms with E-state index in [4.69, 9.17) is 16.6 Å². The van der Waals surface area contributed by atoms with Crippen molar-refractivity contribution in [3.8, 4) is 16.9 Å². The highest BCUT2D eigenvalue weighted by Gasteiger charge is 2.22. The Morgan fingerprint density at radius 1 is 1.00 bits per heavy atom. The summed E-state index contributed by atoms with van der Waals surface area (Å²) in [4.78, 5) is 13.5. The fourth-order valence-electron chi connectivity index (χ4n) is 3.09. The molecule has 0 bridgehead atoms. The molecule has 3 aromatic rings. The molecule has 0 unspecified atom stereocenters. The summed E-state index contributed by atoms with van der Waals surface area (Å²) in [6.07, 6.45) is 6.36. The summed E-state index contributed by atoms with van der Waals surface area (Å²) in [7, 11) is 0. The SMILES string of the molecule is O=c1oc2ccccc2c(-c2ccc(O)cc2)c1C1=CC=CCC1=S. The molecule has 0 saturated carbocycles. The number of para-hydroxylation sites is 1. The Labute approximate surface area is 149 Å². The molecule has 0 radical (unpaired) electrons. The summed E-state index contributed by atoms with van der Waals surface area (Å²) >= 11 is 5.48. The molecule has 1 aliphatic carbocycles. The molecule has 122 valence electrons. The maximum Gasteiger partial charge on any atom is 0.344 e. The Morgan fingerprint density at radius 3 is 2.52 bits per heavy atom. The molecule has 0 saturated heterocycles. The Bertz CT molecular complexity index is 1100. The molecule has 0 spiro atoms. The maximum atomic E-state index is 12.8. The van der Waals surface area contributed by atoms with Crippen molar-refractivity contribution >= 4 is 33.6 Å². The molecule has 3 nitrogen and oxygen atoms in total. The summed E-state index contributed by atoms with van der Waals surface area (Å²) in [5.74, 6) is 0.174. The van der Waals surface area contributed by atoms with E-state index in [0.29, 0.717) is 22.4 Å². The van der Waals surface area contributed by atoms with Gasteiger partial charge in [0.2, 0.25) is 0 Å². The first-order chi connectivity index (χ1) is 12.1. The molecular weight excluding hydrogens is 332 g/mol. The number of thiocarbonyl (C=S) groups is 1. The van der Waals surface area contributed by atoms with Crippen LogP contribution in [0, 0.1) is 0 Å². The smallest absolute Gasteiger partial charge is 0.344 e. The number of phenolic OH excluding ortho intramolecular Hbond substituents is 1. The van der Waals surface area contributed by atoms with Gasteiger partial charge in [0.15, 0.2) is 0 Å². The lowest BCUT2D eigenvalue weighted by Crippen LogP contribution is -2.14. The first kappa shape index (κ1) is 15.5. The van der Waals surface area contributed by atoms with Crippen LogP contribution in [0.2, 0.25) is 0 Å². The number of aromatic hydroxyl groups is 1. The van der Waals surface area contributed by atoms with Gasteiger partial charge in [-0.1, -0.05) is 60.8 Å². The van der Waals surface area contributed by atoms with Crippen molar-refractivity contribution < 1.29 is 9.52 Å². The normalized spacial score (nSPS) is 13.9. The summed E-state index contributed by atoms with van der Waals surface area (Å²) < 4.78 is 5.55. The van der Waals surface area contributed by atoms with Crippen LogP contribution in [0.25, 0.3) is 27.7 Å². The number of fused-ring (bicyclic) bond motifs is 1. The van der Waals surface area contributed by atoms with Crippen molar-refractivity contribution in [2.24, 2.45) is 0 Å². The lowest BCUT2D eigenvalue weighted by molar-refractivity contribution is 0.475. The fraction of sp³-hybridized carbons (Fsp3) is 0.0476. The predicted molar refractivity (Wildman–Crippen MR) is 104 cm³/mol. The van der Waals surface area contributed by atoms with E-state index in [1.807, 2.05) is 36.4 Å². The maximum absolute atomic E-state index is 12.8.